The molecule has 2 amide bonds. The van der Waals surface area contributed by atoms with Crippen LogP contribution >= 0.6 is 0 Å². The van der Waals surface area contributed by atoms with Gasteiger partial charge in [-0.2, -0.15) is 0 Å². The number of amides is 2. The average molecular weight is 710 g/mol. The van der Waals surface area contributed by atoms with Crippen molar-refractivity contribution in [3.8, 4) is 11.5 Å². The van der Waals surface area contributed by atoms with Crippen molar-refractivity contribution in [3.63, 3.8) is 0 Å². The molecule has 0 unspecified atom stereocenters. The highest BCUT2D eigenvalue weighted by Gasteiger charge is 2.67. The van der Waals surface area contributed by atoms with Crippen LogP contribution in [0.25, 0.3) is 0 Å². The topological polar surface area (TPSA) is 126 Å². The van der Waals surface area contributed by atoms with E-state index in [1.54, 1.807) is 26.5 Å². The van der Waals surface area contributed by atoms with Crippen LogP contribution in [0.3, 0.4) is 0 Å². The molecule has 9 heteroatoms. The molecule has 1 aromatic carbocycles. The fourth-order valence-corrected chi connectivity index (χ4v) is 11.1. The van der Waals surface area contributed by atoms with E-state index in [1.165, 1.54) is 5.57 Å². The molecular weight excluding hydrogens is 654 g/mol. The quantitative estimate of drug-likeness (QED) is 0.217. The Kier molecular flexibility index (Phi) is 8.62. The number of fused-ring (bicyclic) bond motifs is 8. The van der Waals surface area contributed by atoms with Gasteiger partial charge in [-0.15, -0.1) is 0 Å². The molecule has 1 aromatic rings. The van der Waals surface area contributed by atoms with E-state index in [2.05, 4.69) is 62.7 Å². The second kappa shape index (κ2) is 12.4. The summed E-state index contributed by atoms with van der Waals surface area (Å²) in [5, 5.41) is 19.8. The lowest BCUT2D eigenvalue weighted by Gasteiger charge is -2.70. The lowest BCUT2D eigenvalue weighted by Crippen LogP contribution is -2.62. The number of ether oxygens (including phenoxy) is 2. The van der Waals surface area contributed by atoms with Crippen molar-refractivity contribution in [3.05, 3.63) is 75.7 Å². The van der Waals surface area contributed by atoms with E-state index in [0.29, 0.717) is 48.1 Å². The molecule has 1 aliphatic heterocycles. The minimum atomic E-state index is -0.512. The Morgan fingerprint density at radius 3 is 2.35 bits per heavy atom. The van der Waals surface area contributed by atoms with E-state index in [9.17, 15) is 19.5 Å². The largest absolute Gasteiger partial charge is 0.504 e. The van der Waals surface area contributed by atoms with Gasteiger partial charge in [-0.25, -0.2) is 0 Å². The van der Waals surface area contributed by atoms with Crippen LogP contribution in [0.5, 0.6) is 11.5 Å². The monoisotopic (exact) mass is 709 g/mol. The van der Waals surface area contributed by atoms with Crippen LogP contribution in [-0.2, 0) is 20.8 Å². The summed E-state index contributed by atoms with van der Waals surface area (Å²) in [7, 11) is 3.19. The number of rotatable bonds is 7. The van der Waals surface area contributed by atoms with Gasteiger partial charge < -0.3 is 30.5 Å². The first-order valence-corrected chi connectivity index (χ1v) is 18.9. The summed E-state index contributed by atoms with van der Waals surface area (Å²) < 4.78 is 10.8. The highest BCUT2D eigenvalue weighted by molar-refractivity contribution is 6.06. The second-order valence-electron chi connectivity index (χ2n) is 17.5. The molecular formula is C43H55N3O6. The number of carbonyl (C=O) groups is 3. The van der Waals surface area contributed by atoms with Gasteiger partial charge in [0.05, 0.1) is 14.2 Å². The number of carbonyl (C=O) groups excluding carboxylic acids is 3. The van der Waals surface area contributed by atoms with Crippen molar-refractivity contribution in [2.45, 2.75) is 92.9 Å². The summed E-state index contributed by atoms with van der Waals surface area (Å²) in [6.07, 6.45) is 15.1. The number of allylic oxidation sites excluding steroid dienone is 7. The van der Waals surface area contributed by atoms with Gasteiger partial charge in [-0.1, -0.05) is 52.3 Å². The zero-order chi connectivity index (χ0) is 37.4. The lowest BCUT2D eigenvalue weighted by atomic mass is 9.34. The summed E-state index contributed by atoms with van der Waals surface area (Å²) in [5.41, 5.74) is 5.73. The van der Waals surface area contributed by atoms with Crippen molar-refractivity contribution < 1.29 is 29.0 Å². The lowest BCUT2D eigenvalue weighted by molar-refractivity contribution is -0.169. The van der Waals surface area contributed by atoms with Gasteiger partial charge in [-0.3, -0.25) is 14.4 Å². The molecule has 5 aliphatic carbocycles. The number of ketones is 1. The van der Waals surface area contributed by atoms with Crippen LogP contribution < -0.4 is 25.4 Å². The van der Waals surface area contributed by atoms with Crippen LogP contribution in [0.1, 0.15) is 92.1 Å². The van der Waals surface area contributed by atoms with E-state index >= 15 is 0 Å². The van der Waals surface area contributed by atoms with Crippen LogP contribution in [-0.4, -0.2) is 50.0 Å². The van der Waals surface area contributed by atoms with E-state index in [0.717, 1.165) is 67.3 Å². The standard InChI is InChI=1S/C43H55N3O6/c1-25-28-9-10-34-41(4,29(28)21-31(47)36(25)48)14-16-43(6)35-23-40(3,12-11-39(35,2)13-15-42(34,43)5)38(50)45-18-17-44-37(49)27-19-26-20-32(51-7)33(52-8)22-30(26)46-24-27/h9-10,20-22,24,35,46,48H,11-19,23H2,1-8H3,(H,44,49)(H,45,50)/t35-,39-,40-,41+,42-,43+/m1/s1. The molecule has 0 saturated heterocycles. The van der Waals surface area contributed by atoms with E-state index in [1.807, 2.05) is 19.1 Å². The Labute approximate surface area is 308 Å². The Morgan fingerprint density at radius 1 is 0.923 bits per heavy atom. The van der Waals surface area contributed by atoms with E-state index < -0.39 is 5.41 Å². The third-order valence-corrected chi connectivity index (χ3v) is 14.8. The van der Waals surface area contributed by atoms with Crippen LogP contribution in [0.2, 0.25) is 0 Å². The number of hydrogen-bond acceptors (Lipinski definition) is 7. The summed E-state index contributed by atoms with van der Waals surface area (Å²) in [4.78, 5) is 40.0. The molecule has 4 N–H and O–H groups in total. The van der Waals surface area contributed by atoms with Crippen molar-refractivity contribution in [2.24, 2.45) is 33.0 Å². The van der Waals surface area contributed by atoms with Crippen molar-refractivity contribution in [1.29, 1.82) is 0 Å². The van der Waals surface area contributed by atoms with Gasteiger partial charge in [0, 0.05) is 59.4 Å². The first kappa shape index (κ1) is 36.1. The number of nitrogens with one attached hydrogen (secondary N) is 3. The maximum absolute atomic E-state index is 14.0. The summed E-state index contributed by atoms with van der Waals surface area (Å²) >= 11 is 0. The molecule has 3 fully saturated rings. The Balaban J connectivity index is 1.02. The summed E-state index contributed by atoms with van der Waals surface area (Å²) in [6.45, 7) is 14.3. The molecule has 278 valence electrons. The van der Waals surface area contributed by atoms with Crippen LogP contribution in [0.4, 0.5) is 5.69 Å². The fourth-order valence-electron chi connectivity index (χ4n) is 11.1. The minimum Gasteiger partial charge on any atom is -0.504 e. The van der Waals surface area contributed by atoms with Gasteiger partial charge in [0.2, 0.25) is 17.6 Å². The molecule has 0 spiro atoms. The van der Waals surface area contributed by atoms with Gasteiger partial charge in [0.25, 0.3) is 0 Å². The highest BCUT2D eigenvalue weighted by atomic mass is 16.5. The molecule has 0 aromatic heterocycles. The van der Waals surface area contributed by atoms with Crippen molar-refractivity contribution in [2.75, 3.05) is 32.6 Å². The van der Waals surface area contributed by atoms with E-state index in [4.69, 9.17) is 9.47 Å². The maximum Gasteiger partial charge on any atom is 0.249 e. The Hall–Kier alpha value is -4.27. The number of aliphatic hydroxyl groups is 1. The molecule has 6 aliphatic rings. The third kappa shape index (κ3) is 5.27. The molecule has 1 heterocycles. The first-order valence-electron chi connectivity index (χ1n) is 18.9. The van der Waals surface area contributed by atoms with Gasteiger partial charge >= 0.3 is 0 Å². The SMILES string of the molecule is COc1cc2c(cc1OC)NC=C(C(=O)NCCNC(=O)[C@]1(C)CC[C@]3(C)CC[C@]4(C)C5=CC=C6C(=CC(=O)C(O)=C6C)[C@]5(C)CC[C@@]4(C)[C@@H]3C1)C2. The Morgan fingerprint density at radius 2 is 1.62 bits per heavy atom. The highest BCUT2D eigenvalue weighted by Crippen LogP contribution is 2.75. The predicted molar refractivity (Wildman–Crippen MR) is 202 cm³/mol. The predicted octanol–water partition coefficient (Wildman–Crippen LogP) is 7.41. The molecule has 6 atom stereocenters. The Bertz CT molecular complexity index is 1920. The molecule has 9 nitrogen and oxygen atoms in total. The first-order chi connectivity index (χ1) is 24.5. The number of anilines is 1. The number of methoxy groups -OCH3 is 2. The zero-order valence-electron chi connectivity index (χ0n) is 32.1. The zero-order valence-corrected chi connectivity index (χ0v) is 32.1. The fraction of sp³-hybridized carbons (Fsp3) is 0.558. The second-order valence-corrected chi connectivity index (χ2v) is 17.5. The smallest absolute Gasteiger partial charge is 0.249 e. The van der Waals surface area contributed by atoms with Gasteiger partial charge in [0.1, 0.15) is 0 Å². The third-order valence-electron chi connectivity index (χ3n) is 14.8. The number of benzene rings is 1. The maximum atomic E-state index is 14.0. The van der Waals surface area contributed by atoms with Crippen LogP contribution in [0.15, 0.2) is 70.2 Å². The number of hydrogen-bond donors (Lipinski definition) is 4. The van der Waals surface area contributed by atoms with Crippen molar-refractivity contribution >= 4 is 23.3 Å². The number of aliphatic hydroxyl groups excluding tert-OH is 1. The minimum absolute atomic E-state index is 0.0333. The van der Waals surface area contributed by atoms with Gasteiger partial charge in [0.15, 0.2) is 17.3 Å². The molecule has 52 heavy (non-hydrogen) atoms. The van der Waals surface area contributed by atoms with E-state index in [-0.39, 0.29) is 45.0 Å². The molecule has 3 saturated carbocycles. The summed E-state index contributed by atoms with van der Waals surface area (Å²) in [6, 6.07) is 3.75. The normalized spacial score (nSPS) is 34.7. The van der Waals surface area contributed by atoms with Gasteiger partial charge in [-0.05, 0) is 103 Å². The molecule has 7 rings (SSSR count). The summed E-state index contributed by atoms with van der Waals surface area (Å²) in [5.74, 6) is 1.03. The van der Waals surface area contributed by atoms with Crippen LogP contribution in [0, 0.1) is 33.0 Å². The molecule has 0 bridgehead atoms. The molecule has 0 radical (unpaired) electrons. The average Bonchev–Trinajstić information content (AvgIpc) is 3.13. The van der Waals surface area contributed by atoms with Crippen molar-refractivity contribution in [1.82, 2.24) is 10.6 Å².